The number of rotatable bonds is 15. The highest BCUT2D eigenvalue weighted by Gasteiger charge is 2.51. The normalized spacial score (nSPS) is 19.1. The summed E-state index contributed by atoms with van der Waals surface area (Å²) in [5.41, 5.74) is 18.6. The first-order valence-corrected chi connectivity index (χ1v) is 33.0. The minimum Gasteiger partial charge on any atom is -0.508 e. The Balaban J connectivity index is 0.000000154. The fourth-order valence-electron chi connectivity index (χ4n) is 13.4. The topological polar surface area (TPSA) is 240 Å². The number of ether oxygens (including phenoxy) is 4. The Morgan fingerprint density at radius 1 is 0.354 bits per heavy atom. The maximum atomic E-state index is 12.7. The van der Waals surface area contributed by atoms with Crippen LogP contribution in [-0.4, -0.2) is 95.9 Å². The van der Waals surface area contributed by atoms with Gasteiger partial charge in [-0.25, -0.2) is 0 Å². The van der Waals surface area contributed by atoms with Gasteiger partial charge in [0.15, 0.2) is 0 Å². The van der Waals surface area contributed by atoms with Crippen molar-refractivity contribution in [2.45, 2.75) is 121 Å². The van der Waals surface area contributed by atoms with Crippen LogP contribution in [-0.2, 0) is 19.2 Å². The summed E-state index contributed by atoms with van der Waals surface area (Å²) in [4.78, 5) is 57.2. The van der Waals surface area contributed by atoms with Gasteiger partial charge in [0.25, 0.3) is 5.91 Å². The number of methoxy groups -OCH3 is 4. The van der Waals surface area contributed by atoms with Crippen molar-refractivity contribution < 1.29 is 68.8 Å². The molecule has 12 rings (SSSR count). The molecule has 0 aromatic heterocycles. The molecule has 18 nitrogen and oxygen atoms in total. The van der Waals surface area contributed by atoms with Gasteiger partial charge in [-0.2, -0.15) is 0 Å². The van der Waals surface area contributed by atoms with Gasteiger partial charge in [0.1, 0.15) is 46.0 Å². The second-order valence-corrected chi connectivity index (χ2v) is 26.2. The smallest absolute Gasteiger partial charge is 0.256 e. The summed E-state index contributed by atoms with van der Waals surface area (Å²) in [6.07, 6.45) is 0.774. The molecule has 4 saturated heterocycles. The first-order valence-electron chi connectivity index (χ1n) is 33.0. The molecule has 4 amide bonds. The highest BCUT2D eigenvalue weighted by Crippen LogP contribution is 2.51. The lowest BCUT2D eigenvalue weighted by atomic mass is 9.79. The van der Waals surface area contributed by atoms with Crippen molar-refractivity contribution in [2.24, 2.45) is 17.8 Å². The zero-order valence-electron chi connectivity index (χ0n) is 59.7. The van der Waals surface area contributed by atoms with Crippen LogP contribution in [0, 0.1) is 101 Å². The second-order valence-electron chi connectivity index (χ2n) is 26.2. The van der Waals surface area contributed by atoms with Crippen LogP contribution >= 0.6 is 0 Å². The first-order chi connectivity index (χ1) is 47.0. The number of nitrogens with zero attached hydrogens (tertiary/aromatic N) is 4. The molecule has 2 unspecified atom stereocenters. The molecule has 4 aliphatic rings. The fourth-order valence-corrected chi connectivity index (χ4v) is 13.4. The van der Waals surface area contributed by atoms with Crippen molar-refractivity contribution in [3.63, 3.8) is 0 Å². The van der Waals surface area contributed by atoms with Gasteiger partial charge in [-0.1, -0.05) is 62.0 Å². The van der Waals surface area contributed by atoms with Crippen LogP contribution in [0.3, 0.4) is 0 Å². The lowest BCUT2D eigenvalue weighted by Crippen LogP contribution is -2.56. The molecule has 4 aliphatic heterocycles. The van der Waals surface area contributed by atoms with E-state index >= 15 is 0 Å². The number of aromatic hydroxyl groups is 4. The largest absolute Gasteiger partial charge is 0.508 e. The second kappa shape index (κ2) is 29.8. The SMILES string of the molecule is C=C1C(=O)N(c2cc(C)c(C)c(OC)c2)C1c1ccc(C)c(O)c1.CCC1C(=O)N(c2cc(C)c(C)c(OC)c2)[C@@H]1c1ccc(C)c(O)c1.COc1cc(N2C(=O)[C@@H](CO)[C@H]2c2ccc(C)c(O)c2)cc(C)c1C.COc1cc(N2C(=O)[C@H](CO)[C@H]2c2ccc(C)c(O)c2)cc(C)c1C. The molecule has 18 heteroatoms. The third-order valence-corrected chi connectivity index (χ3v) is 20.2. The van der Waals surface area contributed by atoms with E-state index in [0.29, 0.717) is 5.57 Å². The van der Waals surface area contributed by atoms with Crippen molar-refractivity contribution in [3.8, 4) is 46.0 Å². The van der Waals surface area contributed by atoms with E-state index in [1.54, 1.807) is 67.4 Å². The highest BCUT2D eigenvalue weighted by molar-refractivity contribution is 6.15. The number of aryl methyl sites for hydroxylation is 8. The Hall–Kier alpha value is -10.3. The van der Waals surface area contributed by atoms with Gasteiger partial charge in [-0.05, 0) is 227 Å². The van der Waals surface area contributed by atoms with Gasteiger partial charge in [-0.3, -0.25) is 24.1 Å². The summed E-state index contributed by atoms with van der Waals surface area (Å²) in [6.45, 7) is 28.7. The van der Waals surface area contributed by atoms with Gasteiger partial charge in [0, 0.05) is 52.6 Å². The molecule has 99 heavy (non-hydrogen) atoms. The molecule has 0 saturated carbocycles. The molecule has 7 atom stereocenters. The van der Waals surface area contributed by atoms with Crippen molar-refractivity contribution in [2.75, 3.05) is 61.3 Å². The molecule has 520 valence electrons. The van der Waals surface area contributed by atoms with Crippen LogP contribution in [0.25, 0.3) is 0 Å². The number of benzene rings is 8. The third kappa shape index (κ3) is 13.8. The molecule has 4 heterocycles. The van der Waals surface area contributed by atoms with E-state index in [1.807, 2.05) is 192 Å². The number of anilines is 4. The number of aliphatic hydroxyl groups is 2. The number of phenols is 4. The molecular formula is C81H92N4O14. The summed E-state index contributed by atoms with van der Waals surface area (Å²) < 4.78 is 21.7. The van der Waals surface area contributed by atoms with Crippen LogP contribution in [0.5, 0.6) is 46.0 Å². The average molecular weight is 1350 g/mol. The Labute approximate surface area is 580 Å². The van der Waals surface area contributed by atoms with Gasteiger partial charge >= 0.3 is 0 Å². The number of carbonyl (C=O) groups is 4. The van der Waals surface area contributed by atoms with Crippen LogP contribution < -0.4 is 38.5 Å². The molecule has 0 bridgehead atoms. The number of hydrogen-bond acceptors (Lipinski definition) is 14. The van der Waals surface area contributed by atoms with Crippen LogP contribution in [0.4, 0.5) is 22.7 Å². The average Bonchev–Trinajstić information content (AvgIpc) is 0.753. The molecule has 4 fully saturated rings. The maximum absolute atomic E-state index is 12.7. The predicted octanol–water partition coefficient (Wildman–Crippen LogP) is 14.5. The quantitative estimate of drug-likeness (QED) is 0.0413. The Morgan fingerprint density at radius 3 is 0.869 bits per heavy atom. The Morgan fingerprint density at radius 2 is 0.606 bits per heavy atom. The number of β-lactam (4-membered cyclic amide) rings is 4. The summed E-state index contributed by atoms with van der Waals surface area (Å²) >= 11 is 0. The number of phenolic OH excluding ortho intramolecular Hbond substituents is 4. The van der Waals surface area contributed by atoms with Crippen LogP contribution in [0.1, 0.15) is 127 Å². The zero-order chi connectivity index (χ0) is 72.5. The summed E-state index contributed by atoms with van der Waals surface area (Å²) in [5, 5.41) is 59.4. The van der Waals surface area contributed by atoms with Gasteiger partial charge < -0.3 is 64.3 Å². The molecule has 0 aliphatic carbocycles. The maximum Gasteiger partial charge on any atom is 0.256 e. The Bertz CT molecular complexity index is 4130. The monoisotopic (exact) mass is 1340 g/mol. The van der Waals surface area contributed by atoms with E-state index in [2.05, 4.69) is 6.58 Å². The zero-order valence-corrected chi connectivity index (χ0v) is 59.7. The third-order valence-electron chi connectivity index (χ3n) is 20.2. The van der Waals surface area contributed by atoms with E-state index in [-0.39, 0.29) is 89.9 Å². The van der Waals surface area contributed by atoms with Crippen molar-refractivity contribution >= 4 is 46.4 Å². The highest BCUT2D eigenvalue weighted by atomic mass is 16.5. The van der Waals surface area contributed by atoms with Crippen molar-refractivity contribution in [1.82, 2.24) is 0 Å². The lowest BCUT2D eigenvalue weighted by Gasteiger charge is -2.47. The molecule has 6 N–H and O–H groups in total. The van der Waals surface area contributed by atoms with Gasteiger partial charge in [0.05, 0.1) is 83.6 Å². The molecule has 0 radical (unpaired) electrons. The van der Waals surface area contributed by atoms with E-state index in [9.17, 15) is 49.8 Å². The summed E-state index contributed by atoms with van der Waals surface area (Å²) in [7, 11) is 6.48. The number of amides is 4. The van der Waals surface area contributed by atoms with Gasteiger partial charge in [0.2, 0.25) is 17.7 Å². The lowest BCUT2D eigenvalue weighted by molar-refractivity contribution is -0.133. The van der Waals surface area contributed by atoms with Crippen molar-refractivity contribution in [1.29, 1.82) is 0 Å². The number of hydrogen-bond donors (Lipinski definition) is 6. The minimum absolute atomic E-state index is 0.0594. The van der Waals surface area contributed by atoms with Crippen LogP contribution in [0.15, 0.2) is 133 Å². The first kappa shape index (κ1) is 73.0. The van der Waals surface area contributed by atoms with E-state index in [0.717, 1.165) is 141 Å². The summed E-state index contributed by atoms with van der Waals surface area (Å²) in [6, 6.07) is 36.3. The minimum atomic E-state index is -0.505. The number of aliphatic hydroxyl groups excluding tert-OH is 2. The van der Waals surface area contributed by atoms with E-state index in [4.69, 9.17) is 18.9 Å². The molecular weight excluding hydrogens is 1250 g/mol. The molecule has 0 spiro atoms. The number of carbonyl (C=O) groups excluding carboxylic acids is 4. The van der Waals surface area contributed by atoms with Gasteiger partial charge in [-0.15, -0.1) is 0 Å². The van der Waals surface area contributed by atoms with E-state index < -0.39 is 11.8 Å². The molecule has 8 aromatic carbocycles. The van der Waals surface area contributed by atoms with E-state index in [1.165, 1.54) is 0 Å². The Kier molecular flexibility index (Phi) is 22.0. The molecule has 8 aromatic rings. The predicted molar refractivity (Wildman–Crippen MR) is 386 cm³/mol. The summed E-state index contributed by atoms with van der Waals surface area (Å²) in [5.74, 6) is 2.53. The fraction of sp³-hybridized carbons (Fsp3) is 0.333. The standard InChI is InChI=1S/C21H25NO3.2C20H23NO4.C20H21NO3/c1-6-17-20(15-8-7-12(2)18(23)10-15)22(21(17)24)16-9-13(3)14(4)19(11-16)25-5;2*1-11-5-6-14(8-17(11)23)19-16(10-22)20(24)21(19)15-7-12(2)13(3)18(9-15)25-4;1-11-6-7-15(9-17(11)22)19-14(4)20(23)21(19)16-8-12(2)13(3)18(10-16)24-5/h7-11,17,20,23H,6H2,1-5H3;2*5-9,16,19,22-23H,10H2,1-4H3;6-10,19,22H,4H2,1-3,5H3/t17?,20-;16-,19+;16-,19-;/m101./s1. The van der Waals surface area contributed by atoms with Crippen molar-refractivity contribution in [3.05, 3.63) is 222 Å². The van der Waals surface area contributed by atoms with Crippen LogP contribution in [0.2, 0.25) is 0 Å².